The van der Waals surface area contributed by atoms with Crippen LogP contribution in [0, 0.1) is 0 Å². The number of unbranched alkanes of at least 4 members (excludes halogenated alkanes) is 1. The van der Waals surface area contributed by atoms with Gasteiger partial charge in [0.25, 0.3) is 0 Å². The van der Waals surface area contributed by atoms with Crippen LogP contribution in [0.25, 0.3) is 0 Å². The molecule has 2 saturated heterocycles. The molecule has 1 N–H and O–H groups in total. The van der Waals surface area contributed by atoms with Crippen molar-refractivity contribution >= 4 is 39.3 Å². The molecule has 2 fully saturated rings. The maximum Gasteiger partial charge on any atom is 0.312 e. The molecule has 0 spiro atoms. The maximum atomic E-state index is 12.3. The Labute approximate surface area is 158 Å². The predicted molar refractivity (Wildman–Crippen MR) is 103 cm³/mol. The van der Waals surface area contributed by atoms with Gasteiger partial charge in [-0.2, -0.15) is 0 Å². The van der Waals surface area contributed by atoms with E-state index in [2.05, 4.69) is 5.32 Å². The molecule has 0 aliphatic carbocycles. The largest absolute Gasteiger partial charge is 0.346 e. The van der Waals surface area contributed by atoms with Crippen molar-refractivity contribution in [3.63, 3.8) is 0 Å². The molecule has 0 bridgehead atoms. The monoisotopic (exact) mass is 387 g/mol. The third-order valence-corrected chi connectivity index (χ3v) is 7.43. The average molecular weight is 388 g/mol. The van der Waals surface area contributed by atoms with Crippen LogP contribution in [-0.4, -0.2) is 70.7 Å². The van der Waals surface area contributed by atoms with E-state index in [4.69, 9.17) is 0 Å². The summed E-state index contributed by atoms with van der Waals surface area (Å²) in [5.41, 5.74) is 0. The summed E-state index contributed by atoms with van der Waals surface area (Å²) in [6.45, 7) is 5.57. The molecular formula is C17H29N3O3S2. The van der Waals surface area contributed by atoms with Crippen molar-refractivity contribution in [2.75, 3.05) is 31.9 Å². The SMILES string of the molecule is CC(C)NC(=O)C(=O)N1CCN(C(=O)CCCCC2CCSS2)CC1. The molecule has 25 heavy (non-hydrogen) atoms. The first-order chi connectivity index (χ1) is 12.0. The number of hydrogen-bond donors (Lipinski definition) is 1. The van der Waals surface area contributed by atoms with Gasteiger partial charge < -0.3 is 15.1 Å². The molecule has 1 unspecified atom stereocenters. The normalized spacial score (nSPS) is 20.8. The van der Waals surface area contributed by atoms with Gasteiger partial charge in [0.15, 0.2) is 0 Å². The summed E-state index contributed by atoms with van der Waals surface area (Å²) in [5.74, 6) is 0.379. The van der Waals surface area contributed by atoms with Gasteiger partial charge >= 0.3 is 11.8 Å². The molecule has 0 aromatic heterocycles. The molecule has 0 radical (unpaired) electrons. The molecule has 6 nitrogen and oxygen atoms in total. The fourth-order valence-corrected chi connectivity index (χ4v) is 6.02. The minimum absolute atomic E-state index is 0.0551. The molecular weight excluding hydrogens is 358 g/mol. The minimum Gasteiger partial charge on any atom is -0.346 e. The van der Waals surface area contributed by atoms with Gasteiger partial charge in [-0.25, -0.2) is 0 Å². The smallest absolute Gasteiger partial charge is 0.312 e. The van der Waals surface area contributed by atoms with Gasteiger partial charge in [-0.1, -0.05) is 28.0 Å². The summed E-state index contributed by atoms with van der Waals surface area (Å²) >= 11 is 0. The molecule has 2 rings (SSSR count). The highest BCUT2D eigenvalue weighted by Gasteiger charge is 2.27. The summed E-state index contributed by atoms with van der Waals surface area (Å²) in [6, 6.07) is -0.0551. The van der Waals surface area contributed by atoms with Crippen molar-refractivity contribution in [1.82, 2.24) is 15.1 Å². The van der Waals surface area contributed by atoms with Crippen LogP contribution in [0.1, 0.15) is 46.0 Å². The minimum atomic E-state index is -0.558. The summed E-state index contributed by atoms with van der Waals surface area (Å²) in [5, 5.41) is 3.39. The number of amides is 3. The van der Waals surface area contributed by atoms with Crippen LogP contribution in [0.3, 0.4) is 0 Å². The molecule has 0 saturated carbocycles. The Kier molecular flexibility index (Phi) is 8.42. The van der Waals surface area contributed by atoms with Crippen LogP contribution < -0.4 is 5.32 Å². The van der Waals surface area contributed by atoms with Crippen molar-refractivity contribution in [3.05, 3.63) is 0 Å². The number of carbonyl (C=O) groups excluding carboxylic acids is 3. The molecule has 142 valence electrons. The third kappa shape index (κ3) is 6.73. The van der Waals surface area contributed by atoms with E-state index in [1.807, 2.05) is 40.3 Å². The number of carbonyl (C=O) groups is 3. The molecule has 3 amide bonds. The van der Waals surface area contributed by atoms with E-state index in [9.17, 15) is 14.4 Å². The molecule has 2 aliphatic rings. The molecule has 0 aromatic carbocycles. The van der Waals surface area contributed by atoms with Crippen LogP contribution in [-0.2, 0) is 14.4 Å². The van der Waals surface area contributed by atoms with Crippen molar-refractivity contribution in [2.24, 2.45) is 0 Å². The third-order valence-electron chi connectivity index (χ3n) is 4.43. The molecule has 8 heteroatoms. The second kappa shape index (κ2) is 10.3. The van der Waals surface area contributed by atoms with Crippen LogP contribution in [0.2, 0.25) is 0 Å². The maximum absolute atomic E-state index is 12.3. The Bertz CT molecular complexity index is 474. The lowest BCUT2D eigenvalue weighted by Gasteiger charge is -2.34. The standard InChI is InChI=1S/C17H29N3O3S2/c1-13(2)18-16(22)17(23)20-10-8-19(9-11-20)15(21)6-4-3-5-14-7-12-24-25-14/h13-14H,3-12H2,1-2H3,(H,18,22). The highest BCUT2D eigenvalue weighted by molar-refractivity contribution is 8.77. The number of nitrogens with one attached hydrogen (secondary N) is 1. The summed E-state index contributed by atoms with van der Waals surface area (Å²) in [4.78, 5) is 39.5. The van der Waals surface area contributed by atoms with E-state index in [-0.39, 0.29) is 11.9 Å². The van der Waals surface area contributed by atoms with E-state index in [1.165, 1.54) is 23.5 Å². The Balaban J connectivity index is 1.62. The number of rotatable bonds is 6. The summed E-state index contributed by atoms with van der Waals surface area (Å²) < 4.78 is 0. The second-order valence-corrected chi connectivity index (χ2v) is 9.66. The Morgan fingerprint density at radius 2 is 1.76 bits per heavy atom. The van der Waals surface area contributed by atoms with Crippen LogP contribution >= 0.6 is 21.6 Å². The molecule has 2 heterocycles. The lowest BCUT2D eigenvalue weighted by atomic mass is 10.1. The molecule has 0 aromatic rings. The lowest BCUT2D eigenvalue weighted by Crippen LogP contribution is -2.54. The van der Waals surface area contributed by atoms with Gasteiger partial charge in [-0.3, -0.25) is 14.4 Å². The first kappa shape index (κ1) is 20.4. The highest BCUT2D eigenvalue weighted by Crippen LogP contribution is 2.39. The van der Waals surface area contributed by atoms with Gasteiger partial charge in [0, 0.05) is 49.6 Å². The van der Waals surface area contributed by atoms with Crippen LogP contribution in [0.15, 0.2) is 0 Å². The van der Waals surface area contributed by atoms with Gasteiger partial charge in [0.2, 0.25) is 5.91 Å². The van der Waals surface area contributed by atoms with E-state index in [0.717, 1.165) is 18.1 Å². The predicted octanol–water partition coefficient (Wildman–Crippen LogP) is 1.90. The van der Waals surface area contributed by atoms with E-state index in [0.29, 0.717) is 32.6 Å². The Hall–Kier alpha value is -0.890. The highest BCUT2D eigenvalue weighted by atomic mass is 33.1. The lowest BCUT2D eigenvalue weighted by molar-refractivity contribution is -0.148. The molecule has 1 atom stereocenters. The first-order valence-electron chi connectivity index (χ1n) is 9.13. The van der Waals surface area contributed by atoms with Gasteiger partial charge in [-0.15, -0.1) is 0 Å². The van der Waals surface area contributed by atoms with E-state index >= 15 is 0 Å². The van der Waals surface area contributed by atoms with Gasteiger partial charge in [0.05, 0.1) is 0 Å². The van der Waals surface area contributed by atoms with Crippen molar-refractivity contribution in [3.8, 4) is 0 Å². The molecule has 2 aliphatic heterocycles. The number of piperazine rings is 1. The zero-order chi connectivity index (χ0) is 18.2. The van der Waals surface area contributed by atoms with E-state index < -0.39 is 11.8 Å². The zero-order valence-corrected chi connectivity index (χ0v) is 16.8. The van der Waals surface area contributed by atoms with Gasteiger partial charge in [0.1, 0.15) is 0 Å². The quantitative estimate of drug-likeness (QED) is 0.428. The van der Waals surface area contributed by atoms with E-state index in [1.54, 1.807) is 0 Å². The van der Waals surface area contributed by atoms with Crippen molar-refractivity contribution in [1.29, 1.82) is 0 Å². The van der Waals surface area contributed by atoms with Crippen molar-refractivity contribution < 1.29 is 14.4 Å². The summed E-state index contributed by atoms with van der Waals surface area (Å²) in [6.07, 6.45) is 5.14. The average Bonchev–Trinajstić information content (AvgIpc) is 3.11. The summed E-state index contributed by atoms with van der Waals surface area (Å²) in [7, 11) is 3.95. The van der Waals surface area contributed by atoms with Crippen LogP contribution in [0.4, 0.5) is 0 Å². The first-order valence-corrected chi connectivity index (χ1v) is 11.5. The van der Waals surface area contributed by atoms with Crippen LogP contribution in [0.5, 0.6) is 0 Å². The second-order valence-electron chi connectivity index (χ2n) is 6.88. The Morgan fingerprint density at radius 3 is 2.36 bits per heavy atom. The zero-order valence-electron chi connectivity index (χ0n) is 15.2. The topological polar surface area (TPSA) is 69.7 Å². The van der Waals surface area contributed by atoms with Crippen molar-refractivity contribution in [2.45, 2.75) is 57.2 Å². The van der Waals surface area contributed by atoms with Gasteiger partial charge in [-0.05, 0) is 33.1 Å². The fourth-order valence-electron chi connectivity index (χ4n) is 3.00. The number of nitrogens with zero attached hydrogens (tertiary/aromatic N) is 2. The Morgan fingerprint density at radius 1 is 1.08 bits per heavy atom. The number of hydrogen-bond acceptors (Lipinski definition) is 5. The fraction of sp³-hybridized carbons (Fsp3) is 0.824.